The van der Waals surface area contributed by atoms with Crippen molar-refractivity contribution in [3.05, 3.63) is 53.6 Å². The van der Waals surface area contributed by atoms with Crippen LogP contribution in [-0.2, 0) is 4.79 Å². The Morgan fingerprint density at radius 1 is 1.29 bits per heavy atom. The number of anilines is 1. The molecule has 3 rings (SSSR count). The molecular formula is C18H15NO5. The van der Waals surface area contributed by atoms with E-state index in [4.69, 9.17) is 9.47 Å². The number of aromatic hydroxyl groups is 1. The van der Waals surface area contributed by atoms with Crippen LogP contribution < -0.4 is 14.8 Å². The van der Waals surface area contributed by atoms with Crippen LogP contribution in [0.2, 0.25) is 0 Å². The van der Waals surface area contributed by atoms with E-state index < -0.39 is 0 Å². The number of carbonyl (C=O) groups excluding carboxylic acids is 2. The Balaban J connectivity index is 1.78. The summed E-state index contributed by atoms with van der Waals surface area (Å²) in [7, 11) is 1.46. The van der Waals surface area contributed by atoms with Crippen molar-refractivity contribution in [1.29, 1.82) is 0 Å². The maximum absolute atomic E-state index is 12.3. The van der Waals surface area contributed by atoms with Gasteiger partial charge in [-0.3, -0.25) is 9.59 Å². The lowest BCUT2D eigenvalue weighted by Crippen LogP contribution is -2.25. The number of phenolic OH excluding ortho intramolecular Hbond substituents is 1. The number of phenols is 1. The van der Waals surface area contributed by atoms with E-state index in [0.29, 0.717) is 28.3 Å². The van der Waals surface area contributed by atoms with Gasteiger partial charge in [0, 0.05) is 5.56 Å². The lowest BCUT2D eigenvalue weighted by molar-refractivity contribution is -0.118. The first kappa shape index (κ1) is 15.6. The highest BCUT2D eigenvalue weighted by molar-refractivity contribution is 6.08. The van der Waals surface area contributed by atoms with Gasteiger partial charge in [0.2, 0.25) is 0 Å². The number of rotatable bonds is 4. The van der Waals surface area contributed by atoms with Gasteiger partial charge < -0.3 is 19.9 Å². The lowest BCUT2D eigenvalue weighted by atomic mass is 10.1. The van der Waals surface area contributed by atoms with E-state index in [2.05, 4.69) is 5.32 Å². The number of benzene rings is 2. The molecule has 0 aromatic heterocycles. The Morgan fingerprint density at radius 2 is 2.12 bits per heavy atom. The van der Waals surface area contributed by atoms with Crippen LogP contribution in [0.4, 0.5) is 5.69 Å². The van der Waals surface area contributed by atoms with Crippen LogP contribution in [-0.4, -0.2) is 30.5 Å². The molecule has 1 aliphatic heterocycles. The molecule has 2 aromatic carbocycles. The van der Waals surface area contributed by atoms with E-state index >= 15 is 0 Å². The van der Waals surface area contributed by atoms with Crippen LogP contribution in [0, 0.1) is 0 Å². The summed E-state index contributed by atoms with van der Waals surface area (Å²) < 4.78 is 10.2. The molecule has 2 N–H and O–H groups in total. The van der Waals surface area contributed by atoms with Gasteiger partial charge in [-0.2, -0.15) is 0 Å². The highest BCUT2D eigenvalue weighted by Crippen LogP contribution is 2.29. The van der Waals surface area contributed by atoms with E-state index in [0.717, 1.165) is 0 Å². The minimum Gasteiger partial charge on any atom is -0.504 e. The Bertz CT molecular complexity index is 841. The first-order valence-corrected chi connectivity index (χ1v) is 7.23. The molecule has 0 atom stereocenters. The van der Waals surface area contributed by atoms with Crippen molar-refractivity contribution in [1.82, 2.24) is 0 Å². The van der Waals surface area contributed by atoms with Crippen molar-refractivity contribution < 1.29 is 24.2 Å². The summed E-state index contributed by atoms with van der Waals surface area (Å²) in [4.78, 5) is 23.6. The first-order chi connectivity index (χ1) is 11.6. The van der Waals surface area contributed by atoms with Crippen molar-refractivity contribution >= 4 is 23.5 Å². The zero-order valence-electron chi connectivity index (χ0n) is 12.9. The highest BCUT2D eigenvalue weighted by Gasteiger charge is 2.17. The zero-order valence-corrected chi connectivity index (χ0v) is 12.9. The number of nitrogens with one attached hydrogen (secondary N) is 1. The third-order valence-corrected chi connectivity index (χ3v) is 3.53. The minimum atomic E-state index is -0.253. The minimum absolute atomic E-state index is 0.000686. The van der Waals surface area contributed by atoms with E-state index in [-0.39, 0.29) is 24.0 Å². The van der Waals surface area contributed by atoms with Gasteiger partial charge in [0.25, 0.3) is 5.91 Å². The molecule has 6 heteroatoms. The first-order valence-electron chi connectivity index (χ1n) is 7.23. The van der Waals surface area contributed by atoms with Crippen molar-refractivity contribution in [3.8, 4) is 17.2 Å². The monoisotopic (exact) mass is 325 g/mol. The van der Waals surface area contributed by atoms with E-state index in [1.165, 1.54) is 19.3 Å². The Labute approximate surface area is 138 Å². The van der Waals surface area contributed by atoms with Gasteiger partial charge in [0.1, 0.15) is 5.75 Å². The van der Waals surface area contributed by atoms with Crippen molar-refractivity contribution in [3.63, 3.8) is 0 Å². The predicted molar refractivity (Wildman–Crippen MR) is 88.6 cm³/mol. The fraction of sp³-hybridized carbons (Fsp3) is 0.111. The standard InChI is InChI=1S/C18H15NO5/c1-23-17-6-3-11(8-15(17)21)2-5-14(20)12-4-7-16-13(9-12)19-18(22)10-24-16/h2-9,21H,10H2,1H3,(H,19,22). The lowest BCUT2D eigenvalue weighted by Gasteiger charge is -2.17. The number of methoxy groups -OCH3 is 1. The number of ketones is 1. The second-order valence-corrected chi connectivity index (χ2v) is 5.18. The van der Waals surface area contributed by atoms with E-state index in [9.17, 15) is 14.7 Å². The summed E-state index contributed by atoms with van der Waals surface area (Å²) >= 11 is 0. The Kier molecular flexibility index (Phi) is 4.20. The smallest absolute Gasteiger partial charge is 0.262 e. The van der Waals surface area contributed by atoms with Crippen LogP contribution in [0.5, 0.6) is 17.2 Å². The summed E-state index contributed by atoms with van der Waals surface area (Å²) in [6.07, 6.45) is 2.99. The van der Waals surface area contributed by atoms with Crippen molar-refractivity contribution in [2.75, 3.05) is 19.0 Å². The molecule has 0 saturated heterocycles. The summed E-state index contributed by atoms with van der Waals surface area (Å²) in [5.74, 6) is 0.420. The van der Waals surface area contributed by atoms with Gasteiger partial charge in [-0.25, -0.2) is 0 Å². The molecule has 2 aromatic rings. The normalized spacial score (nSPS) is 13.1. The zero-order chi connectivity index (χ0) is 17.1. The van der Waals surface area contributed by atoms with Gasteiger partial charge in [-0.15, -0.1) is 0 Å². The SMILES string of the molecule is COc1ccc(C=CC(=O)c2ccc3c(c2)NC(=O)CO3)cc1O. The van der Waals surface area contributed by atoms with Crippen LogP contribution in [0.25, 0.3) is 6.08 Å². The maximum atomic E-state index is 12.3. The predicted octanol–water partition coefficient (Wildman–Crippen LogP) is 2.63. The van der Waals surface area contributed by atoms with Crippen LogP contribution in [0.3, 0.4) is 0 Å². The van der Waals surface area contributed by atoms with Crippen LogP contribution >= 0.6 is 0 Å². The average molecular weight is 325 g/mol. The van der Waals surface area contributed by atoms with E-state index in [1.54, 1.807) is 36.4 Å². The molecule has 6 nitrogen and oxygen atoms in total. The second kappa shape index (κ2) is 6.45. The average Bonchev–Trinajstić information content (AvgIpc) is 2.59. The topological polar surface area (TPSA) is 84.9 Å². The molecule has 0 fully saturated rings. The molecule has 1 aliphatic rings. The molecule has 0 saturated carbocycles. The van der Waals surface area contributed by atoms with Crippen LogP contribution in [0.1, 0.15) is 15.9 Å². The molecule has 1 amide bonds. The largest absolute Gasteiger partial charge is 0.504 e. The molecule has 24 heavy (non-hydrogen) atoms. The van der Waals surface area contributed by atoms with Gasteiger partial charge in [-0.1, -0.05) is 12.1 Å². The Morgan fingerprint density at radius 3 is 2.88 bits per heavy atom. The van der Waals surface area contributed by atoms with Gasteiger partial charge >= 0.3 is 0 Å². The number of hydrogen-bond acceptors (Lipinski definition) is 5. The number of amides is 1. The third kappa shape index (κ3) is 3.22. The maximum Gasteiger partial charge on any atom is 0.262 e. The molecule has 0 unspecified atom stereocenters. The number of carbonyl (C=O) groups is 2. The molecular weight excluding hydrogens is 310 g/mol. The molecule has 0 aliphatic carbocycles. The number of ether oxygens (including phenoxy) is 2. The number of allylic oxidation sites excluding steroid dienone is 1. The third-order valence-electron chi connectivity index (χ3n) is 3.53. The van der Waals surface area contributed by atoms with Crippen molar-refractivity contribution in [2.45, 2.75) is 0 Å². The second-order valence-electron chi connectivity index (χ2n) is 5.18. The molecule has 0 bridgehead atoms. The number of fused-ring (bicyclic) bond motifs is 1. The fourth-order valence-corrected chi connectivity index (χ4v) is 2.32. The Hall–Kier alpha value is -3.28. The molecule has 1 heterocycles. The summed E-state index contributed by atoms with van der Waals surface area (Å²) in [5, 5.41) is 12.4. The summed E-state index contributed by atoms with van der Waals surface area (Å²) in [5.41, 5.74) is 1.57. The molecule has 122 valence electrons. The fourth-order valence-electron chi connectivity index (χ4n) is 2.32. The molecule has 0 spiro atoms. The van der Waals surface area contributed by atoms with Crippen LogP contribution in [0.15, 0.2) is 42.5 Å². The van der Waals surface area contributed by atoms with E-state index in [1.807, 2.05) is 0 Å². The van der Waals surface area contributed by atoms with Gasteiger partial charge in [0.05, 0.1) is 12.8 Å². The highest BCUT2D eigenvalue weighted by atomic mass is 16.5. The quantitative estimate of drug-likeness (QED) is 0.667. The van der Waals surface area contributed by atoms with Crippen molar-refractivity contribution in [2.24, 2.45) is 0 Å². The van der Waals surface area contributed by atoms with Gasteiger partial charge in [-0.05, 0) is 42.0 Å². The summed E-state index contributed by atoms with van der Waals surface area (Å²) in [6, 6.07) is 9.70. The number of hydrogen-bond donors (Lipinski definition) is 2. The summed E-state index contributed by atoms with van der Waals surface area (Å²) in [6.45, 7) is -0.0266. The van der Waals surface area contributed by atoms with Gasteiger partial charge in [0.15, 0.2) is 23.9 Å². The molecule has 0 radical (unpaired) electrons.